The third-order valence-corrected chi connectivity index (χ3v) is 10.9. The second kappa shape index (κ2) is 9.05. The Morgan fingerprint density at radius 3 is 2.45 bits per heavy atom. The van der Waals surface area contributed by atoms with Gasteiger partial charge >= 0.3 is 10.4 Å². The Kier molecular flexibility index (Phi) is 6.96. The first-order chi connectivity index (χ1) is 15.3. The van der Waals surface area contributed by atoms with Crippen molar-refractivity contribution in [3.8, 4) is 0 Å². The third kappa shape index (κ3) is 4.73. The van der Waals surface area contributed by atoms with Crippen LogP contribution in [0.1, 0.15) is 98.8 Å². The van der Waals surface area contributed by atoms with Crippen molar-refractivity contribution in [3.05, 3.63) is 11.6 Å². The van der Waals surface area contributed by atoms with Gasteiger partial charge in [0.15, 0.2) is 5.78 Å². The van der Waals surface area contributed by atoms with Crippen LogP contribution in [0.2, 0.25) is 0 Å². The predicted molar refractivity (Wildman–Crippen MR) is 130 cm³/mol. The molecule has 0 aromatic rings. The van der Waals surface area contributed by atoms with E-state index in [4.69, 9.17) is 8.74 Å². The van der Waals surface area contributed by atoms with E-state index in [0.717, 1.165) is 30.8 Å². The largest absolute Gasteiger partial charge is 0.397 e. The molecule has 0 radical (unpaired) electrons. The van der Waals surface area contributed by atoms with Crippen molar-refractivity contribution < 1.29 is 21.9 Å². The molecule has 4 aliphatic carbocycles. The Morgan fingerprint density at radius 2 is 1.79 bits per heavy atom. The Balaban J connectivity index is 1.52. The van der Waals surface area contributed by atoms with E-state index >= 15 is 0 Å². The number of carbonyl (C=O) groups is 1. The number of ketones is 1. The average molecular weight is 481 g/mol. The quantitative estimate of drug-likeness (QED) is 0.427. The van der Waals surface area contributed by atoms with Crippen molar-refractivity contribution in [2.45, 2.75) is 105 Å². The van der Waals surface area contributed by atoms with Crippen LogP contribution >= 0.6 is 0 Å². The lowest BCUT2D eigenvalue weighted by atomic mass is 9.46. The SMILES string of the molecule is CC(C)CCC[C@@H](C)[C@H]1CC[C@H]2[C@@H]3C(=O)C=C4C[C@@H](OS(=O)(=O)O)CC[C@]4(C)[C@H]3CC[C@]12C. The number of allylic oxidation sites excluding steroid dienone is 1. The minimum absolute atomic E-state index is 0.0695. The van der Waals surface area contributed by atoms with E-state index in [-0.39, 0.29) is 22.5 Å². The van der Waals surface area contributed by atoms with Gasteiger partial charge in [0.2, 0.25) is 0 Å². The molecule has 0 heterocycles. The van der Waals surface area contributed by atoms with Crippen LogP contribution in [0.3, 0.4) is 0 Å². The van der Waals surface area contributed by atoms with Gasteiger partial charge in [-0.1, -0.05) is 59.5 Å². The summed E-state index contributed by atoms with van der Waals surface area (Å²) in [5.41, 5.74) is 1.22. The lowest BCUT2D eigenvalue weighted by Crippen LogP contribution is -2.53. The first kappa shape index (κ1) is 25.4. The van der Waals surface area contributed by atoms with E-state index in [1.807, 2.05) is 6.08 Å². The first-order valence-corrected chi connectivity index (χ1v) is 14.6. The molecular weight excluding hydrogens is 436 g/mol. The molecule has 8 atom stereocenters. The summed E-state index contributed by atoms with van der Waals surface area (Å²) in [6, 6.07) is 0. The molecule has 188 valence electrons. The van der Waals surface area contributed by atoms with E-state index in [1.54, 1.807) is 0 Å². The van der Waals surface area contributed by atoms with Crippen LogP contribution < -0.4 is 0 Å². The highest BCUT2D eigenvalue weighted by molar-refractivity contribution is 7.80. The summed E-state index contributed by atoms with van der Waals surface area (Å²) in [5.74, 6) is 3.34. The molecule has 0 bridgehead atoms. The number of carbonyl (C=O) groups excluding carboxylic acids is 1. The Bertz CT molecular complexity index is 892. The molecule has 5 nitrogen and oxygen atoms in total. The van der Waals surface area contributed by atoms with Gasteiger partial charge in [-0.15, -0.1) is 0 Å². The summed E-state index contributed by atoms with van der Waals surface area (Å²) < 4.78 is 36.5. The molecule has 4 rings (SSSR count). The topological polar surface area (TPSA) is 80.7 Å². The maximum absolute atomic E-state index is 13.5. The van der Waals surface area contributed by atoms with Gasteiger partial charge in [-0.25, -0.2) is 4.18 Å². The van der Waals surface area contributed by atoms with E-state index < -0.39 is 16.5 Å². The summed E-state index contributed by atoms with van der Waals surface area (Å²) in [4.78, 5) is 13.5. The molecule has 4 aliphatic rings. The van der Waals surface area contributed by atoms with E-state index in [1.165, 1.54) is 32.1 Å². The summed E-state index contributed by atoms with van der Waals surface area (Å²) in [6.45, 7) is 11.8. The van der Waals surface area contributed by atoms with Crippen molar-refractivity contribution in [1.82, 2.24) is 0 Å². The molecule has 0 saturated heterocycles. The van der Waals surface area contributed by atoms with Gasteiger partial charge in [0, 0.05) is 5.92 Å². The molecule has 1 N–H and O–H groups in total. The molecule has 0 spiro atoms. The predicted octanol–water partition coefficient (Wildman–Crippen LogP) is 6.39. The second-order valence-electron chi connectivity index (χ2n) is 12.6. The molecule has 0 aromatic carbocycles. The van der Waals surface area contributed by atoms with Crippen LogP contribution in [0.5, 0.6) is 0 Å². The van der Waals surface area contributed by atoms with Crippen LogP contribution in [0.4, 0.5) is 0 Å². The highest BCUT2D eigenvalue weighted by Crippen LogP contribution is 2.66. The molecule has 0 amide bonds. The van der Waals surface area contributed by atoms with Crippen LogP contribution in [-0.2, 0) is 19.4 Å². The molecule has 33 heavy (non-hydrogen) atoms. The molecular formula is C27H44O5S. The second-order valence-corrected chi connectivity index (χ2v) is 13.7. The molecule has 3 saturated carbocycles. The standard InChI is InChI=1S/C27H44O5S/c1-17(2)7-6-8-18(3)21-9-10-22-25-23(12-14-27(21,22)5)26(4)13-11-20(32-33(29,30)31)15-19(26)16-24(25)28/h16-18,20-23,25H,6-15H2,1-5H3,(H,29,30,31)/t18-,20+,21-,22+,23+,25+,26+,27-/m1/s1. The molecule has 0 aliphatic heterocycles. The number of hydrogen-bond acceptors (Lipinski definition) is 4. The molecule has 6 heteroatoms. The van der Waals surface area contributed by atoms with Gasteiger partial charge in [0.05, 0.1) is 6.10 Å². The van der Waals surface area contributed by atoms with Crippen molar-refractivity contribution in [1.29, 1.82) is 0 Å². The van der Waals surface area contributed by atoms with Crippen LogP contribution in [0, 0.1) is 46.3 Å². The van der Waals surface area contributed by atoms with E-state index in [9.17, 15) is 13.2 Å². The fourth-order valence-electron chi connectivity index (χ4n) is 8.65. The lowest BCUT2D eigenvalue weighted by Gasteiger charge is -2.57. The molecule has 0 aromatic heterocycles. The Morgan fingerprint density at radius 1 is 1.06 bits per heavy atom. The summed E-state index contributed by atoms with van der Waals surface area (Å²) in [6.07, 6.45) is 11.7. The summed E-state index contributed by atoms with van der Waals surface area (Å²) in [7, 11) is -4.48. The zero-order chi connectivity index (χ0) is 24.2. The number of fused-ring (bicyclic) bond motifs is 5. The normalized spacial score (nSPS) is 41.8. The van der Waals surface area contributed by atoms with Crippen molar-refractivity contribution >= 4 is 16.2 Å². The number of rotatable bonds is 7. The maximum atomic E-state index is 13.5. The van der Waals surface area contributed by atoms with Gasteiger partial charge in [-0.05, 0) is 91.4 Å². The third-order valence-electron chi connectivity index (χ3n) is 10.4. The first-order valence-electron chi connectivity index (χ1n) is 13.3. The fraction of sp³-hybridized carbons (Fsp3) is 0.889. The zero-order valence-electron chi connectivity index (χ0n) is 21.2. The monoisotopic (exact) mass is 480 g/mol. The lowest BCUT2D eigenvalue weighted by molar-refractivity contribution is -0.135. The smallest absolute Gasteiger partial charge is 0.295 e. The van der Waals surface area contributed by atoms with Gasteiger partial charge in [0.1, 0.15) is 0 Å². The fourth-order valence-corrected chi connectivity index (χ4v) is 9.16. The van der Waals surface area contributed by atoms with Crippen LogP contribution in [-0.4, -0.2) is 24.9 Å². The van der Waals surface area contributed by atoms with Gasteiger partial charge in [0.25, 0.3) is 0 Å². The van der Waals surface area contributed by atoms with Gasteiger partial charge in [-0.3, -0.25) is 9.35 Å². The Hall–Kier alpha value is -0.720. The van der Waals surface area contributed by atoms with Crippen LogP contribution in [0.15, 0.2) is 11.6 Å². The average Bonchev–Trinajstić information content (AvgIpc) is 3.05. The van der Waals surface area contributed by atoms with E-state index in [2.05, 4.69) is 34.6 Å². The number of hydrogen-bond donors (Lipinski definition) is 1. The van der Waals surface area contributed by atoms with Crippen molar-refractivity contribution in [3.63, 3.8) is 0 Å². The zero-order valence-corrected chi connectivity index (χ0v) is 22.0. The van der Waals surface area contributed by atoms with Crippen molar-refractivity contribution in [2.75, 3.05) is 0 Å². The molecule has 3 fully saturated rings. The van der Waals surface area contributed by atoms with Gasteiger partial charge in [-0.2, -0.15) is 8.42 Å². The summed E-state index contributed by atoms with van der Waals surface area (Å²) in [5, 5.41) is 0. The van der Waals surface area contributed by atoms with Crippen LogP contribution in [0.25, 0.3) is 0 Å². The Labute approximate surface area is 201 Å². The van der Waals surface area contributed by atoms with Crippen molar-refractivity contribution in [2.24, 2.45) is 46.3 Å². The minimum atomic E-state index is -4.48. The highest BCUT2D eigenvalue weighted by atomic mass is 32.3. The summed E-state index contributed by atoms with van der Waals surface area (Å²) >= 11 is 0. The highest BCUT2D eigenvalue weighted by Gasteiger charge is 2.61. The van der Waals surface area contributed by atoms with E-state index in [0.29, 0.717) is 36.5 Å². The maximum Gasteiger partial charge on any atom is 0.397 e. The van der Waals surface area contributed by atoms with Gasteiger partial charge < -0.3 is 0 Å². The molecule has 0 unspecified atom stereocenters. The minimum Gasteiger partial charge on any atom is -0.295 e.